The molecule has 4 rings (SSSR count). The number of hydrogen-bond acceptors (Lipinski definition) is 5. The second kappa shape index (κ2) is 14.7. The summed E-state index contributed by atoms with van der Waals surface area (Å²) in [7, 11) is 0. The first kappa shape index (κ1) is 31.6. The van der Waals surface area contributed by atoms with Crippen molar-refractivity contribution < 1.29 is 19.2 Å². The van der Waals surface area contributed by atoms with E-state index in [4.69, 9.17) is 0 Å². The van der Waals surface area contributed by atoms with Gasteiger partial charge in [-0.25, -0.2) is 4.79 Å². The Morgan fingerprint density at radius 3 is 1.88 bits per heavy atom. The van der Waals surface area contributed by atoms with E-state index in [-0.39, 0.29) is 35.7 Å². The molecular formula is C30H50N6O4. The highest BCUT2D eigenvalue weighted by Gasteiger charge is 2.35. The van der Waals surface area contributed by atoms with Crippen LogP contribution in [0.1, 0.15) is 47.0 Å². The molecule has 4 saturated heterocycles. The van der Waals surface area contributed by atoms with Crippen molar-refractivity contribution in [3.05, 3.63) is 25.3 Å². The SMILES string of the molecule is C=CC(=O)N1CCN(C(=O)C2CCN(C(C)C)C2)CC1.C=CC(=O)N1CCN(C(=O)N2CCC(CC)C2)C(C)C1. The lowest BCUT2D eigenvalue weighted by Gasteiger charge is -2.41. The van der Waals surface area contributed by atoms with Gasteiger partial charge in [0.1, 0.15) is 0 Å². The maximum Gasteiger partial charge on any atom is 0.320 e. The van der Waals surface area contributed by atoms with Crippen LogP contribution in [0.3, 0.4) is 0 Å². The maximum atomic E-state index is 12.5. The summed E-state index contributed by atoms with van der Waals surface area (Å²) in [6, 6.07) is 0.717. The second-order valence-corrected chi connectivity index (χ2v) is 11.8. The van der Waals surface area contributed by atoms with E-state index in [1.165, 1.54) is 12.2 Å². The van der Waals surface area contributed by atoms with Crippen LogP contribution >= 0.6 is 0 Å². The van der Waals surface area contributed by atoms with Crippen molar-refractivity contribution in [2.45, 2.75) is 59.0 Å². The summed E-state index contributed by atoms with van der Waals surface area (Å²) < 4.78 is 0. The Bertz CT molecular complexity index is 931. The van der Waals surface area contributed by atoms with Crippen LogP contribution in [0.25, 0.3) is 0 Å². The Kier molecular flexibility index (Phi) is 11.6. The molecule has 4 aliphatic rings. The second-order valence-electron chi connectivity index (χ2n) is 11.8. The van der Waals surface area contributed by atoms with Gasteiger partial charge in [0.15, 0.2) is 0 Å². The van der Waals surface area contributed by atoms with Gasteiger partial charge in [-0.3, -0.25) is 14.4 Å². The molecule has 0 saturated carbocycles. The van der Waals surface area contributed by atoms with E-state index in [1.807, 2.05) is 21.6 Å². The zero-order chi connectivity index (χ0) is 29.4. The average Bonchev–Trinajstić information content (AvgIpc) is 3.67. The first-order valence-electron chi connectivity index (χ1n) is 15.0. The van der Waals surface area contributed by atoms with Crippen LogP contribution < -0.4 is 0 Å². The van der Waals surface area contributed by atoms with E-state index in [2.05, 4.69) is 38.8 Å². The van der Waals surface area contributed by atoms with E-state index in [1.54, 1.807) is 9.80 Å². The fourth-order valence-corrected chi connectivity index (χ4v) is 6.08. The van der Waals surface area contributed by atoms with Gasteiger partial charge in [-0.1, -0.05) is 26.5 Å². The van der Waals surface area contributed by atoms with Gasteiger partial charge in [-0.15, -0.1) is 0 Å². The molecule has 0 aliphatic carbocycles. The van der Waals surface area contributed by atoms with Crippen LogP contribution in [-0.2, 0) is 14.4 Å². The predicted molar refractivity (Wildman–Crippen MR) is 156 cm³/mol. The molecule has 0 bridgehead atoms. The van der Waals surface area contributed by atoms with Gasteiger partial charge < -0.3 is 29.4 Å². The number of hydrogen-bond donors (Lipinski definition) is 0. The molecule has 10 nitrogen and oxygen atoms in total. The number of likely N-dealkylation sites (tertiary alicyclic amines) is 2. The van der Waals surface area contributed by atoms with E-state index < -0.39 is 0 Å². The van der Waals surface area contributed by atoms with Crippen LogP contribution in [-0.4, -0.2) is 137 Å². The minimum atomic E-state index is -0.0452. The number of piperazine rings is 2. The van der Waals surface area contributed by atoms with Gasteiger partial charge >= 0.3 is 6.03 Å². The summed E-state index contributed by atoms with van der Waals surface area (Å²) in [5, 5.41) is 0. The molecule has 3 atom stereocenters. The number of nitrogens with zero attached hydrogens (tertiary/aromatic N) is 6. The lowest BCUT2D eigenvalue weighted by Crippen LogP contribution is -2.57. The number of amides is 5. The van der Waals surface area contributed by atoms with E-state index in [9.17, 15) is 19.2 Å². The molecular weight excluding hydrogens is 508 g/mol. The molecule has 0 spiro atoms. The van der Waals surface area contributed by atoms with Gasteiger partial charge in [0, 0.05) is 77.5 Å². The number of carbonyl (C=O) groups is 4. The third-order valence-electron chi connectivity index (χ3n) is 8.87. The molecule has 4 aliphatic heterocycles. The quantitative estimate of drug-likeness (QED) is 0.483. The van der Waals surface area contributed by atoms with Crippen molar-refractivity contribution in [3.8, 4) is 0 Å². The van der Waals surface area contributed by atoms with Crippen molar-refractivity contribution >= 4 is 23.8 Å². The summed E-state index contributed by atoms with van der Waals surface area (Å²) >= 11 is 0. The van der Waals surface area contributed by atoms with Gasteiger partial charge in [0.05, 0.1) is 5.92 Å². The highest BCUT2D eigenvalue weighted by molar-refractivity contribution is 5.88. The third-order valence-corrected chi connectivity index (χ3v) is 8.87. The zero-order valence-corrected chi connectivity index (χ0v) is 25.1. The Morgan fingerprint density at radius 1 is 0.750 bits per heavy atom. The van der Waals surface area contributed by atoms with Crippen LogP contribution in [0.5, 0.6) is 0 Å². The highest BCUT2D eigenvalue weighted by Crippen LogP contribution is 2.23. The lowest BCUT2D eigenvalue weighted by atomic mass is 10.1. The maximum absolute atomic E-state index is 12.5. The predicted octanol–water partition coefficient (Wildman–Crippen LogP) is 2.13. The molecule has 4 fully saturated rings. The Morgan fingerprint density at radius 2 is 1.35 bits per heavy atom. The first-order valence-corrected chi connectivity index (χ1v) is 15.0. The minimum absolute atomic E-state index is 0.0380. The Balaban J connectivity index is 0.000000220. The molecule has 4 heterocycles. The summed E-state index contributed by atoms with van der Waals surface area (Å²) in [6.07, 6.45) is 5.90. The van der Waals surface area contributed by atoms with Crippen molar-refractivity contribution in [1.82, 2.24) is 29.4 Å². The van der Waals surface area contributed by atoms with Crippen molar-refractivity contribution in [2.75, 3.05) is 72.0 Å². The average molecular weight is 559 g/mol. The summed E-state index contributed by atoms with van der Waals surface area (Å²) in [5.41, 5.74) is 0. The van der Waals surface area contributed by atoms with E-state index >= 15 is 0 Å². The number of rotatable bonds is 5. The molecule has 3 unspecified atom stereocenters. The monoisotopic (exact) mass is 558 g/mol. The van der Waals surface area contributed by atoms with Crippen molar-refractivity contribution in [1.29, 1.82) is 0 Å². The Labute approximate surface area is 240 Å². The van der Waals surface area contributed by atoms with Crippen LogP contribution in [0.4, 0.5) is 4.79 Å². The van der Waals surface area contributed by atoms with Crippen LogP contribution in [0, 0.1) is 11.8 Å². The molecule has 5 amide bonds. The standard InChI is InChI=1S/2C15H25N3O2/c1-4-14(19)16-7-9-17(10-8-16)15(20)13-5-6-18(11-13)12(2)3;1-4-13-6-7-17(11-13)15(20)18-9-8-16(10-12(18)3)14(19)5-2/h4,12-13H,1,5-11H2,2-3H3;5,12-13H,2,4,6-11H2,1,3H3. The third kappa shape index (κ3) is 7.86. The number of urea groups is 1. The van der Waals surface area contributed by atoms with E-state index in [0.717, 1.165) is 45.4 Å². The zero-order valence-electron chi connectivity index (χ0n) is 25.1. The van der Waals surface area contributed by atoms with Gasteiger partial charge in [0.25, 0.3) is 0 Å². The van der Waals surface area contributed by atoms with Crippen LogP contribution in [0.15, 0.2) is 25.3 Å². The molecule has 40 heavy (non-hydrogen) atoms. The van der Waals surface area contributed by atoms with Crippen LogP contribution in [0.2, 0.25) is 0 Å². The molecule has 0 aromatic carbocycles. The van der Waals surface area contributed by atoms with Gasteiger partial charge in [-0.05, 0) is 58.2 Å². The topological polar surface area (TPSA) is 87.7 Å². The molecule has 0 aromatic rings. The summed E-state index contributed by atoms with van der Waals surface area (Å²) in [4.78, 5) is 59.8. The largest absolute Gasteiger partial charge is 0.339 e. The van der Waals surface area contributed by atoms with E-state index in [0.29, 0.717) is 57.8 Å². The van der Waals surface area contributed by atoms with Gasteiger partial charge in [-0.2, -0.15) is 0 Å². The molecule has 224 valence electrons. The number of carbonyl (C=O) groups excluding carboxylic acids is 4. The Hall–Kier alpha value is -2.88. The lowest BCUT2D eigenvalue weighted by molar-refractivity contribution is -0.140. The fourth-order valence-electron chi connectivity index (χ4n) is 6.08. The summed E-state index contributed by atoms with van der Waals surface area (Å²) in [5.74, 6) is 0.968. The normalized spacial score (nSPS) is 25.5. The van der Waals surface area contributed by atoms with Gasteiger partial charge in [0.2, 0.25) is 17.7 Å². The minimum Gasteiger partial charge on any atom is -0.339 e. The first-order chi connectivity index (χ1) is 19.1. The molecule has 10 heteroatoms. The van der Waals surface area contributed by atoms with Crippen molar-refractivity contribution in [3.63, 3.8) is 0 Å². The molecule has 0 N–H and O–H groups in total. The summed E-state index contributed by atoms with van der Waals surface area (Å²) in [6.45, 7) is 23.6. The van der Waals surface area contributed by atoms with Crippen molar-refractivity contribution in [2.24, 2.45) is 11.8 Å². The fraction of sp³-hybridized carbons (Fsp3) is 0.733. The highest BCUT2D eigenvalue weighted by atomic mass is 16.2. The molecule has 0 radical (unpaired) electrons. The molecule has 0 aromatic heterocycles. The smallest absolute Gasteiger partial charge is 0.320 e.